The standard InChI is InChI=1S/C17H28/c1-17(10-9-13-3-2-4-15(13)17)16-8-6-12-5-7-14(16)11-12/h12-16H,2-11H2,1H3. The topological polar surface area (TPSA) is 0 Å². The first-order chi connectivity index (χ1) is 8.27. The van der Waals surface area contributed by atoms with Crippen LogP contribution in [0.1, 0.15) is 71.1 Å². The van der Waals surface area contributed by atoms with Gasteiger partial charge in [-0.15, -0.1) is 0 Å². The second-order valence-electron chi connectivity index (χ2n) is 7.96. The van der Waals surface area contributed by atoms with Gasteiger partial charge in [0.1, 0.15) is 0 Å². The molecule has 4 fully saturated rings. The maximum Gasteiger partial charge on any atom is -0.0264 e. The number of hydrogen-bond donors (Lipinski definition) is 0. The molecule has 0 spiro atoms. The smallest absolute Gasteiger partial charge is 0.0264 e. The van der Waals surface area contributed by atoms with Gasteiger partial charge in [-0.1, -0.05) is 32.6 Å². The highest BCUT2D eigenvalue weighted by atomic mass is 14.6. The van der Waals surface area contributed by atoms with Crippen molar-refractivity contribution in [3.05, 3.63) is 0 Å². The minimum absolute atomic E-state index is 0.765. The van der Waals surface area contributed by atoms with Crippen molar-refractivity contribution in [3.8, 4) is 0 Å². The molecule has 0 N–H and O–H groups in total. The summed E-state index contributed by atoms with van der Waals surface area (Å²) in [5.74, 6) is 5.66. The van der Waals surface area contributed by atoms with E-state index in [1.54, 1.807) is 64.2 Å². The maximum absolute atomic E-state index is 2.70. The molecule has 6 atom stereocenters. The van der Waals surface area contributed by atoms with Crippen LogP contribution in [0.15, 0.2) is 0 Å². The molecule has 0 aromatic carbocycles. The summed E-state index contributed by atoms with van der Waals surface area (Å²) in [7, 11) is 0. The SMILES string of the molecule is CC1(C2CCC3CCC2C3)CCC2CCCC21. The molecular formula is C17H28. The van der Waals surface area contributed by atoms with E-state index in [1.807, 2.05) is 0 Å². The van der Waals surface area contributed by atoms with E-state index in [1.165, 1.54) is 0 Å². The van der Waals surface area contributed by atoms with Gasteiger partial charge in [-0.05, 0) is 73.5 Å². The summed E-state index contributed by atoms with van der Waals surface area (Å²) in [5, 5.41) is 0. The van der Waals surface area contributed by atoms with Gasteiger partial charge in [-0.3, -0.25) is 0 Å². The molecule has 4 aliphatic carbocycles. The van der Waals surface area contributed by atoms with Crippen LogP contribution in [0.2, 0.25) is 0 Å². The number of fused-ring (bicyclic) bond motifs is 3. The lowest BCUT2D eigenvalue weighted by Gasteiger charge is -2.45. The highest BCUT2D eigenvalue weighted by Gasteiger charge is 2.54. The van der Waals surface area contributed by atoms with Crippen molar-refractivity contribution in [2.24, 2.45) is 35.0 Å². The van der Waals surface area contributed by atoms with Crippen LogP contribution >= 0.6 is 0 Å². The first-order valence-electron chi connectivity index (χ1n) is 8.27. The van der Waals surface area contributed by atoms with E-state index in [0.29, 0.717) is 0 Å². The summed E-state index contributed by atoms with van der Waals surface area (Å²) in [5.41, 5.74) is 0.765. The van der Waals surface area contributed by atoms with Gasteiger partial charge in [0.25, 0.3) is 0 Å². The second kappa shape index (κ2) is 3.75. The Labute approximate surface area is 107 Å². The normalized spacial score (nSPS) is 57.4. The quantitative estimate of drug-likeness (QED) is 0.595. The molecule has 6 unspecified atom stereocenters. The monoisotopic (exact) mass is 232 g/mol. The molecule has 0 aromatic rings. The van der Waals surface area contributed by atoms with Crippen LogP contribution in [-0.2, 0) is 0 Å². The zero-order valence-electron chi connectivity index (χ0n) is 11.5. The molecule has 0 saturated heterocycles. The molecule has 4 rings (SSSR count). The number of rotatable bonds is 1. The van der Waals surface area contributed by atoms with Crippen molar-refractivity contribution in [2.75, 3.05) is 0 Å². The predicted molar refractivity (Wildman–Crippen MR) is 71.7 cm³/mol. The van der Waals surface area contributed by atoms with Crippen molar-refractivity contribution < 1.29 is 0 Å². The minimum Gasteiger partial charge on any atom is -0.0591 e. The molecule has 0 heteroatoms. The Hall–Kier alpha value is 0. The average molecular weight is 232 g/mol. The Bertz CT molecular complexity index is 307. The summed E-state index contributed by atoms with van der Waals surface area (Å²) < 4.78 is 0. The summed E-state index contributed by atoms with van der Waals surface area (Å²) in [6.45, 7) is 2.70. The lowest BCUT2D eigenvalue weighted by molar-refractivity contribution is 0.0420. The van der Waals surface area contributed by atoms with E-state index >= 15 is 0 Å². The third-order valence-corrected chi connectivity index (χ3v) is 7.44. The van der Waals surface area contributed by atoms with Gasteiger partial charge >= 0.3 is 0 Å². The van der Waals surface area contributed by atoms with Gasteiger partial charge in [0.05, 0.1) is 0 Å². The van der Waals surface area contributed by atoms with Crippen molar-refractivity contribution in [2.45, 2.75) is 71.1 Å². The lowest BCUT2D eigenvalue weighted by atomic mass is 9.60. The molecule has 96 valence electrons. The fourth-order valence-electron chi connectivity index (χ4n) is 6.65. The number of hydrogen-bond acceptors (Lipinski definition) is 0. The zero-order valence-corrected chi connectivity index (χ0v) is 11.5. The fraction of sp³-hybridized carbons (Fsp3) is 1.00. The average Bonchev–Trinajstić information content (AvgIpc) is 2.99. The molecule has 0 aliphatic heterocycles. The molecule has 0 aromatic heterocycles. The van der Waals surface area contributed by atoms with Crippen LogP contribution in [0.3, 0.4) is 0 Å². The van der Waals surface area contributed by atoms with Gasteiger partial charge in [0, 0.05) is 0 Å². The van der Waals surface area contributed by atoms with Crippen LogP contribution in [-0.4, -0.2) is 0 Å². The van der Waals surface area contributed by atoms with Crippen LogP contribution in [0.5, 0.6) is 0 Å². The van der Waals surface area contributed by atoms with E-state index < -0.39 is 0 Å². The fourth-order valence-corrected chi connectivity index (χ4v) is 6.65. The molecule has 17 heavy (non-hydrogen) atoms. The highest BCUT2D eigenvalue weighted by Crippen LogP contribution is 2.63. The van der Waals surface area contributed by atoms with Gasteiger partial charge < -0.3 is 0 Å². The second-order valence-corrected chi connectivity index (χ2v) is 7.96. The molecule has 2 bridgehead atoms. The van der Waals surface area contributed by atoms with Crippen molar-refractivity contribution in [3.63, 3.8) is 0 Å². The van der Waals surface area contributed by atoms with Gasteiger partial charge in [-0.2, -0.15) is 0 Å². The van der Waals surface area contributed by atoms with Crippen molar-refractivity contribution in [1.82, 2.24) is 0 Å². The van der Waals surface area contributed by atoms with Crippen LogP contribution in [0.4, 0.5) is 0 Å². The van der Waals surface area contributed by atoms with E-state index in [0.717, 1.165) is 35.0 Å². The Morgan fingerprint density at radius 1 is 0.765 bits per heavy atom. The lowest BCUT2D eigenvalue weighted by Crippen LogP contribution is -2.37. The summed E-state index contributed by atoms with van der Waals surface area (Å²) in [6, 6.07) is 0. The largest absolute Gasteiger partial charge is 0.0591 e. The first-order valence-corrected chi connectivity index (χ1v) is 8.27. The van der Waals surface area contributed by atoms with Gasteiger partial charge in [0.2, 0.25) is 0 Å². The molecule has 0 amide bonds. The van der Waals surface area contributed by atoms with E-state index in [2.05, 4.69) is 6.92 Å². The van der Waals surface area contributed by atoms with E-state index in [4.69, 9.17) is 0 Å². The summed E-state index contributed by atoms with van der Waals surface area (Å²) >= 11 is 0. The highest BCUT2D eigenvalue weighted by molar-refractivity contribution is 5.04. The molecule has 4 saturated carbocycles. The first kappa shape index (κ1) is 10.9. The molecule has 0 radical (unpaired) electrons. The third kappa shape index (κ3) is 1.48. The van der Waals surface area contributed by atoms with Crippen LogP contribution < -0.4 is 0 Å². The third-order valence-electron chi connectivity index (χ3n) is 7.44. The summed E-state index contributed by atoms with van der Waals surface area (Å²) in [4.78, 5) is 0. The van der Waals surface area contributed by atoms with Crippen LogP contribution in [0, 0.1) is 35.0 Å². The summed E-state index contributed by atoms with van der Waals surface area (Å²) in [6.07, 6.45) is 15.8. The Morgan fingerprint density at radius 3 is 2.53 bits per heavy atom. The van der Waals surface area contributed by atoms with Gasteiger partial charge in [-0.25, -0.2) is 0 Å². The van der Waals surface area contributed by atoms with E-state index in [9.17, 15) is 0 Å². The van der Waals surface area contributed by atoms with Crippen LogP contribution in [0.25, 0.3) is 0 Å². The molecular weight excluding hydrogens is 204 g/mol. The molecule has 4 aliphatic rings. The molecule has 0 heterocycles. The maximum atomic E-state index is 2.70. The minimum atomic E-state index is 0.765. The zero-order chi connectivity index (χ0) is 11.5. The Balaban J connectivity index is 1.60. The van der Waals surface area contributed by atoms with E-state index in [-0.39, 0.29) is 0 Å². The Kier molecular flexibility index (Phi) is 2.40. The molecule has 0 nitrogen and oxygen atoms in total. The Morgan fingerprint density at radius 2 is 1.59 bits per heavy atom. The van der Waals surface area contributed by atoms with Crippen molar-refractivity contribution >= 4 is 0 Å². The predicted octanol–water partition coefficient (Wildman–Crippen LogP) is 5.03. The van der Waals surface area contributed by atoms with Crippen molar-refractivity contribution in [1.29, 1.82) is 0 Å². The van der Waals surface area contributed by atoms with Gasteiger partial charge in [0.15, 0.2) is 0 Å².